The number of hydrogen-bond acceptors (Lipinski definition) is 3. The fourth-order valence-corrected chi connectivity index (χ4v) is 2.58. The zero-order valence-corrected chi connectivity index (χ0v) is 14.6. The lowest BCUT2D eigenvalue weighted by molar-refractivity contribution is -0.117. The third kappa shape index (κ3) is 5.34. The summed E-state index contributed by atoms with van der Waals surface area (Å²) in [5.74, 6) is 0.232. The summed E-state index contributed by atoms with van der Waals surface area (Å²) in [6.45, 7) is 5.73. The normalized spacial score (nSPS) is 11.8. The predicted molar refractivity (Wildman–Crippen MR) is 98.5 cm³/mol. The van der Waals surface area contributed by atoms with Gasteiger partial charge in [0.1, 0.15) is 5.78 Å². The van der Waals surface area contributed by atoms with Gasteiger partial charge in [0.25, 0.3) is 0 Å². The number of aryl methyl sites for hydroxylation is 1. The van der Waals surface area contributed by atoms with Crippen LogP contribution in [0, 0.1) is 6.92 Å². The second-order valence-corrected chi connectivity index (χ2v) is 6.33. The van der Waals surface area contributed by atoms with Crippen molar-refractivity contribution in [1.29, 1.82) is 0 Å². The van der Waals surface area contributed by atoms with E-state index in [1.165, 1.54) is 5.56 Å². The Morgan fingerprint density at radius 3 is 2.17 bits per heavy atom. The molecule has 2 aromatic rings. The lowest BCUT2D eigenvalue weighted by Crippen LogP contribution is -2.07. The van der Waals surface area contributed by atoms with Crippen molar-refractivity contribution in [3.8, 4) is 0 Å². The summed E-state index contributed by atoms with van der Waals surface area (Å²) in [5, 5.41) is 3.46. The van der Waals surface area contributed by atoms with Crippen molar-refractivity contribution >= 4 is 17.3 Å². The summed E-state index contributed by atoms with van der Waals surface area (Å²) in [4.78, 5) is 23.0. The molecule has 1 unspecified atom stereocenters. The number of rotatable bonds is 8. The molecule has 0 bridgehead atoms. The minimum atomic E-state index is 0.0990. The molecule has 0 aliphatic rings. The van der Waals surface area contributed by atoms with E-state index in [4.69, 9.17) is 0 Å². The molecule has 0 aliphatic carbocycles. The van der Waals surface area contributed by atoms with Crippen molar-refractivity contribution in [2.45, 2.75) is 46.1 Å². The van der Waals surface area contributed by atoms with Crippen LogP contribution in [0.2, 0.25) is 0 Å². The first kappa shape index (κ1) is 17.9. The van der Waals surface area contributed by atoms with E-state index < -0.39 is 0 Å². The van der Waals surface area contributed by atoms with Crippen LogP contribution in [0.5, 0.6) is 0 Å². The van der Waals surface area contributed by atoms with E-state index in [1.54, 1.807) is 6.92 Å². The van der Waals surface area contributed by atoms with Gasteiger partial charge in [-0.05, 0) is 44.9 Å². The monoisotopic (exact) mass is 323 g/mol. The van der Waals surface area contributed by atoms with Crippen molar-refractivity contribution in [2.24, 2.45) is 0 Å². The molecule has 1 atom stereocenters. The molecular weight excluding hydrogens is 298 g/mol. The van der Waals surface area contributed by atoms with Gasteiger partial charge in [-0.1, -0.05) is 42.0 Å². The van der Waals surface area contributed by atoms with Gasteiger partial charge in [-0.2, -0.15) is 0 Å². The largest absolute Gasteiger partial charge is 0.379 e. The molecule has 24 heavy (non-hydrogen) atoms. The van der Waals surface area contributed by atoms with E-state index >= 15 is 0 Å². The van der Waals surface area contributed by atoms with Crippen LogP contribution in [-0.2, 0) is 4.79 Å². The zero-order chi connectivity index (χ0) is 17.5. The van der Waals surface area contributed by atoms with Gasteiger partial charge in [0.05, 0.1) is 0 Å². The second-order valence-electron chi connectivity index (χ2n) is 6.33. The van der Waals surface area contributed by atoms with E-state index in [0.29, 0.717) is 24.8 Å². The standard InChI is InChI=1S/C21H25NO2/c1-15-7-13-20(14-8-15)22-17(3)18-9-11-19(12-10-18)21(24)6-4-5-16(2)23/h7-14,17,22H,4-6H2,1-3H3. The molecule has 2 aromatic carbocycles. The first-order valence-corrected chi connectivity index (χ1v) is 8.41. The molecule has 0 radical (unpaired) electrons. The maximum Gasteiger partial charge on any atom is 0.162 e. The van der Waals surface area contributed by atoms with Gasteiger partial charge >= 0.3 is 0 Å². The number of anilines is 1. The third-order valence-electron chi connectivity index (χ3n) is 4.10. The van der Waals surface area contributed by atoms with Crippen molar-refractivity contribution in [1.82, 2.24) is 0 Å². The van der Waals surface area contributed by atoms with E-state index in [2.05, 4.69) is 43.4 Å². The van der Waals surface area contributed by atoms with Crippen LogP contribution in [0.15, 0.2) is 48.5 Å². The number of Topliss-reactive ketones (excluding diaryl/α,β-unsaturated/α-hetero) is 2. The molecule has 2 rings (SSSR count). The van der Waals surface area contributed by atoms with E-state index in [0.717, 1.165) is 11.3 Å². The first-order chi connectivity index (χ1) is 11.5. The van der Waals surface area contributed by atoms with E-state index in [1.807, 2.05) is 24.3 Å². The van der Waals surface area contributed by atoms with Crippen LogP contribution in [-0.4, -0.2) is 11.6 Å². The van der Waals surface area contributed by atoms with Crippen molar-refractivity contribution in [3.05, 3.63) is 65.2 Å². The van der Waals surface area contributed by atoms with Crippen LogP contribution in [0.4, 0.5) is 5.69 Å². The first-order valence-electron chi connectivity index (χ1n) is 8.41. The molecule has 126 valence electrons. The lowest BCUT2D eigenvalue weighted by atomic mass is 10.0. The molecule has 0 aliphatic heterocycles. The van der Waals surface area contributed by atoms with Crippen molar-refractivity contribution < 1.29 is 9.59 Å². The van der Waals surface area contributed by atoms with Gasteiger partial charge in [-0.15, -0.1) is 0 Å². The highest BCUT2D eigenvalue weighted by Gasteiger charge is 2.09. The molecule has 0 heterocycles. The summed E-state index contributed by atoms with van der Waals surface area (Å²) in [7, 11) is 0. The minimum absolute atomic E-state index is 0.0990. The number of carbonyl (C=O) groups excluding carboxylic acids is 2. The summed E-state index contributed by atoms with van der Waals surface area (Å²) < 4.78 is 0. The topological polar surface area (TPSA) is 46.2 Å². The van der Waals surface area contributed by atoms with Crippen molar-refractivity contribution in [3.63, 3.8) is 0 Å². The summed E-state index contributed by atoms with van der Waals surface area (Å²) in [6, 6.07) is 16.2. The third-order valence-corrected chi connectivity index (χ3v) is 4.10. The molecule has 0 amide bonds. The summed E-state index contributed by atoms with van der Waals surface area (Å²) in [6.07, 6.45) is 1.53. The Kier molecular flexibility index (Phi) is 6.30. The summed E-state index contributed by atoms with van der Waals surface area (Å²) in [5.41, 5.74) is 4.17. The van der Waals surface area contributed by atoms with Gasteiger partial charge in [0, 0.05) is 30.1 Å². The van der Waals surface area contributed by atoms with Crippen LogP contribution in [0.1, 0.15) is 60.6 Å². The van der Waals surface area contributed by atoms with Gasteiger partial charge in [0.2, 0.25) is 0 Å². The molecule has 3 nitrogen and oxygen atoms in total. The maximum atomic E-state index is 12.1. The fraction of sp³-hybridized carbons (Fsp3) is 0.333. The van der Waals surface area contributed by atoms with Crippen LogP contribution in [0.3, 0.4) is 0 Å². The van der Waals surface area contributed by atoms with Gasteiger partial charge in [0.15, 0.2) is 5.78 Å². The molecule has 1 N–H and O–H groups in total. The second kappa shape index (κ2) is 8.44. The highest BCUT2D eigenvalue weighted by atomic mass is 16.1. The SMILES string of the molecule is CC(=O)CCCC(=O)c1ccc(C(C)Nc2ccc(C)cc2)cc1. The Hall–Kier alpha value is -2.42. The molecule has 0 saturated heterocycles. The van der Waals surface area contributed by atoms with Gasteiger partial charge in [-0.25, -0.2) is 0 Å². The quantitative estimate of drug-likeness (QED) is 0.687. The predicted octanol–water partition coefficient (Wildman–Crippen LogP) is 5.11. The average molecular weight is 323 g/mol. The zero-order valence-electron chi connectivity index (χ0n) is 14.6. The van der Waals surface area contributed by atoms with Gasteiger partial charge < -0.3 is 10.1 Å². The Balaban J connectivity index is 1.94. The maximum absolute atomic E-state index is 12.1. The molecule has 0 saturated carbocycles. The Morgan fingerprint density at radius 2 is 1.58 bits per heavy atom. The molecule has 0 spiro atoms. The van der Waals surface area contributed by atoms with Gasteiger partial charge in [-0.3, -0.25) is 4.79 Å². The van der Waals surface area contributed by atoms with E-state index in [-0.39, 0.29) is 17.6 Å². The van der Waals surface area contributed by atoms with Crippen LogP contribution < -0.4 is 5.32 Å². The fourth-order valence-electron chi connectivity index (χ4n) is 2.58. The number of ketones is 2. The van der Waals surface area contributed by atoms with Crippen molar-refractivity contribution in [2.75, 3.05) is 5.32 Å². The average Bonchev–Trinajstić information content (AvgIpc) is 2.56. The number of carbonyl (C=O) groups is 2. The number of nitrogens with one attached hydrogen (secondary N) is 1. The Morgan fingerprint density at radius 1 is 0.958 bits per heavy atom. The lowest BCUT2D eigenvalue weighted by Gasteiger charge is -2.16. The van der Waals surface area contributed by atoms with E-state index in [9.17, 15) is 9.59 Å². The highest BCUT2D eigenvalue weighted by molar-refractivity contribution is 5.96. The summed E-state index contributed by atoms with van der Waals surface area (Å²) >= 11 is 0. The molecule has 0 aromatic heterocycles. The smallest absolute Gasteiger partial charge is 0.162 e. The molecular formula is C21H25NO2. The molecule has 3 heteroatoms. The minimum Gasteiger partial charge on any atom is -0.379 e. The molecule has 0 fully saturated rings. The number of hydrogen-bond donors (Lipinski definition) is 1. The van der Waals surface area contributed by atoms with Crippen LogP contribution >= 0.6 is 0 Å². The van der Waals surface area contributed by atoms with Crippen LogP contribution in [0.25, 0.3) is 0 Å². The number of benzene rings is 2. The Labute approximate surface area is 144 Å². The Bertz CT molecular complexity index is 687. The highest BCUT2D eigenvalue weighted by Crippen LogP contribution is 2.20.